The molecule has 0 spiro atoms. The number of ether oxygens (including phenoxy) is 1. The molecule has 17 heavy (non-hydrogen) atoms. The molecule has 1 rings (SSSR count). The van der Waals surface area contributed by atoms with Gasteiger partial charge in [-0.25, -0.2) is 4.79 Å². The van der Waals surface area contributed by atoms with Crippen molar-refractivity contribution < 1.29 is 14.6 Å². The molecule has 0 aromatic heterocycles. The van der Waals surface area contributed by atoms with E-state index < -0.39 is 17.4 Å². The third-order valence-corrected chi connectivity index (χ3v) is 2.86. The highest BCUT2D eigenvalue weighted by Gasteiger charge is 2.32. The number of aliphatic hydroxyl groups is 1. The third-order valence-electron chi connectivity index (χ3n) is 1.92. The molecule has 0 heterocycles. The first kappa shape index (κ1) is 13.4. The Bertz CT molecular complexity index is 506. The fraction of sp³-hybridized carbons (Fsp3) is 0.182. The highest BCUT2D eigenvalue weighted by Crippen LogP contribution is 2.22. The quantitative estimate of drug-likeness (QED) is 0.301. The zero-order valence-electron chi connectivity index (χ0n) is 9.05. The molecule has 0 saturated heterocycles. The van der Waals surface area contributed by atoms with Gasteiger partial charge in [0.05, 0.1) is 6.61 Å². The average Bonchev–Trinajstić information content (AvgIpc) is 2.30. The van der Waals surface area contributed by atoms with Crippen LogP contribution in [0.3, 0.4) is 0 Å². The van der Waals surface area contributed by atoms with E-state index in [1.54, 1.807) is 31.2 Å². The molecule has 0 atom stereocenters. The van der Waals surface area contributed by atoms with Gasteiger partial charge in [0.15, 0.2) is 4.98 Å². The standard InChI is InChI=1S/C11H9IN2O3/c1-2-17-11(16)9(14-13)10(15)7-5-3-4-6-8(7)12/h3-6H,2H2,1H3/p+1. The fourth-order valence-electron chi connectivity index (χ4n) is 1.17. The molecule has 0 aliphatic rings. The Labute approximate surface area is 112 Å². The summed E-state index contributed by atoms with van der Waals surface area (Å²) in [7, 11) is 0. The molecule has 0 fully saturated rings. The van der Waals surface area contributed by atoms with Crippen molar-refractivity contribution in [3.63, 3.8) is 0 Å². The van der Waals surface area contributed by atoms with Gasteiger partial charge < -0.3 is 9.84 Å². The fourth-order valence-corrected chi connectivity index (χ4v) is 1.81. The van der Waals surface area contributed by atoms with Crippen molar-refractivity contribution >= 4 is 34.3 Å². The molecule has 6 heteroatoms. The van der Waals surface area contributed by atoms with Gasteiger partial charge in [-0.1, -0.05) is 12.1 Å². The minimum atomic E-state index is -0.868. The van der Waals surface area contributed by atoms with Crippen molar-refractivity contribution in [2.75, 3.05) is 6.61 Å². The molecule has 5 nitrogen and oxygen atoms in total. The molecule has 0 unspecified atom stereocenters. The average molecular weight is 345 g/mol. The lowest BCUT2D eigenvalue weighted by Gasteiger charge is -2.00. The molecule has 0 aliphatic heterocycles. The van der Waals surface area contributed by atoms with Crippen LogP contribution in [0.1, 0.15) is 12.5 Å². The van der Waals surface area contributed by atoms with Crippen molar-refractivity contribution in [3.05, 3.63) is 44.1 Å². The number of carbonyl (C=O) groups is 1. The van der Waals surface area contributed by atoms with Gasteiger partial charge in [0, 0.05) is 9.13 Å². The summed E-state index contributed by atoms with van der Waals surface area (Å²) in [5, 5.41) is 18.6. The largest absolute Gasteiger partial charge is 0.510 e. The smallest absolute Gasteiger partial charge is 0.501 e. The number of nitrogens with zero attached hydrogens (tertiary/aromatic N) is 2. The maximum Gasteiger partial charge on any atom is 0.510 e. The van der Waals surface area contributed by atoms with E-state index in [0.29, 0.717) is 5.56 Å². The van der Waals surface area contributed by atoms with Crippen LogP contribution in [0.15, 0.2) is 30.0 Å². The van der Waals surface area contributed by atoms with Crippen LogP contribution in [0, 0.1) is 8.96 Å². The van der Waals surface area contributed by atoms with Crippen LogP contribution >= 0.6 is 22.6 Å². The Morgan fingerprint density at radius 2 is 2.18 bits per heavy atom. The molecule has 1 aromatic carbocycles. The molecule has 0 bridgehead atoms. The van der Waals surface area contributed by atoms with E-state index in [2.05, 4.69) is 9.71 Å². The van der Waals surface area contributed by atoms with Crippen molar-refractivity contribution in [2.24, 2.45) is 0 Å². The van der Waals surface area contributed by atoms with E-state index in [-0.39, 0.29) is 6.61 Å². The number of esters is 1. The van der Waals surface area contributed by atoms with Crippen LogP contribution in [-0.2, 0) is 9.53 Å². The number of diazo groups is 1. The van der Waals surface area contributed by atoms with Crippen LogP contribution in [0.4, 0.5) is 0 Å². The molecule has 1 aromatic rings. The van der Waals surface area contributed by atoms with Gasteiger partial charge >= 0.3 is 11.7 Å². The van der Waals surface area contributed by atoms with E-state index in [1.165, 1.54) is 0 Å². The van der Waals surface area contributed by atoms with E-state index >= 15 is 0 Å². The lowest BCUT2D eigenvalue weighted by molar-refractivity contribution is -0.138. The summed E-state index contributed by atoms with van der Waals surface area (Å²) in [4.78, 5) is 14.2. The first-order valence-corrected chi connectivity index (χ1v) is 5.90. The summed E-state index contributed by atoms with van der Waals surface area (Å²) in [6, 6.07) is 6.86. The SMILES string of the molecule is CCOC(=O)/C([N+]#N)=C(\O)c1ccccc1I. The maximum absolute atomic E-state index is 11.4. The van der Waals surface area contributed by atoms with Gasteiger partial charge in [-0.2, -0.15) is 0 Å². The summed E-state index contributed by atoms with van der Waals surface area (Å²) in [5.41, 5.74) is -0.0927. The number of hydrogen-bond acceptors (Lipinski definition) is 4. The topological polar surface area (TPSA) is 74.7 Å². The Morgan fingerprint density at radius 1 is 1.53 bits per heavy atom. The van der Waals surface area contributed by atoms with Gasteiger partial charge in [-0.3, -0.25) is 0 Å². The minimum absolute atomic E-state index is 0.136. The maximum atomic E-state index is 11.4. The summed E-state index contributed by atoms with van der Waals surface area (Å²) >= 11 is 2.00. The Kier molecular flexibility index (Phi) is 4.90. The molecule has 0 aliphatic carbocycles. The van der Waals surface area contributed by atoms with Gasteiger partial charge in [0.1, 0.15) is 0 Å². The second-order valence-corrected chi connectivity index (χ2v) is 4.16. The summed E-state index contributed by atoms with van der Waals surface area (Å²) in [5.74, 6) is -1.27. The van der Waals surface area contributed by atoms with Crippen molar-refractivity contribution in [1.29, 1.82) is 5.39 Å². The number of carbonyl (C=O) groups excluding carboxylic acids is 1. The van der Waals surface area contributed by atoms with Crippen LogP contribution in [0.2, 0.25) is 0 Å². The van der Waals surface area contributed by atoms with Crippen molar-refractivity contribution in [2.45, 2.75) is 6.92 Å². The molecule has 0 radical (unpaired) electrons. The van der Waals surface area contributed by atoms with Gasteiger partial charge in [0.2, 0.25) is 11.2 Å². The minimum Gasteiger partial charge on any atom is -0.501 e. The molecule has 0 saturated carbocycles. The molecule has 1 N–H and O–H groups in total. The van der Waals surface area contributed by atoms with Crippen molar-refractivity contribution in [1.82, 2.24) is 0 Å². The molecule has 0 amide bonds. The molecule has 88 valence electrons. The summed E-state index contributed by atoms with van der Waals surface area (Å²) in [6.45, 7) is 1.76. The number of rotatable bonds is 3. The van der Waals surface area contributed by atoms with Crippen LogP contribution in [-0.4, -0.2) is 17.7 Å². The van der Waals surface area contributed by atoms with E-state index in [1.807, 2.05) is 22.6 Å². The Balaban J connectivity index is 3.24. The van der Waals surface area contributed by atoms with E-state index in [9.17, 15) is 9.90 Å². The zero-order valence-corrected chi connectivity index (χ0v) is 11.2. The highest BCUT2D eigenvalue weighted by molar-refractivity contribution is 14.1. The zero-order chi connectivity index (χ0) is 12.8. The van der Waals surface area contributed by atoms with Gasteiger partial charge in [0.25, 0.3) is 0 Å². The summed E-state index contributed by atoms with van der Waals surface area (Å²) in [6.07, 6.45) is 0. The number of halogens is 1. The summed E-state index contributed by atoms with van der Waals surface area (Å²) < 4.78 is 5.39. The van der Waals surface area contributed by atoms with Crippen LogP contribution in [0.5, 0.6) is 0 Å². The van der Waals surface area contributed by atoms with E-state index in [0.717, 1.165) is 3.57 Å². The second-order valence-electron chi connectivity index (χ2n) is 3.00. The normalized spacial score (nSPS) is 11.4. The number of hydrogen-bond donors (Lipinski definition) is 1. The third kappa shape index (κ3) is 3.17. The monoisotopic (exact) mass is 345 g/mol. The molecular weight excluding hydrogens is 335 g/mol. The second kappa shape index (κ2) is 6.20. The Hall–Kier alpha value is -1.62. The number of aliphatic hydroxyl groups excluding tert-OH is 1. The Morgan fingerprint density at radius 3 is 2.71 bits per heavy atom. The van der Waals surface area contributed by atoms with Gasteiger partial charge in [-0.05, 0) is 41.6 Å². The van der Waals surface area contributed by atoms with E-state index in [4.69, 9.17) is 5.39 Å². The predicted octanol–water partition coefficient (Wildman–Crippen LogP) is 2.93. The first-order chi connectivity index (χ1) is 8.11. The lowest BCUT2D eigenvalue weighted by atomic mass is 10.1. The highest BCUT2D eigenvalue weighted by atomic mass is 127. The van der Waals surface area contributed by atoms with Crippen LogP contribution < -0.4 is 0 Å². The van der Waals surface area contributed by atoms with Gasteiger partial charge in [-0.15, -0.1) is 0 Å². The number of benzene rings is 1. The predicted molar refractivity (Wildman–Crippen MR) is 70.4 cm³/mol. The first-order valence-electron chi connectivity index (χ1n) is 4.82. The molecular formula is C11H10IN2O3+. The lowest BCUT2D eigenvalue weighted by Crippen LogP contribution is -2.07. The van der Waals surface area contributed by atoms with Crippen LogP contribution in [0.25, 0.3) is 10.7 Å². The van der Waals surface area contributed by atoms with Crippen molar-refractivity contribution in [3.8, 4) is 0 Å².